The van der Waals surface area contributed by atoms with Gasteiger partial charge in [0.1, 0.15) is 12.4 Å². The van der Waals surface area contributed by atoms with Crippen LogP contribution >= 0.6 is 0 Å². The summed E-state index contributed by atoms with van der Waals surface area (Å²) in [4.78, 5) is 0. The van der Waals surface area contributed by atoms with Gasteiger partial charge in [0.2, 0.25) is 0 Å². The van der Waals surface area contributed by atoms with Gasteiger partial charge in [-0.15, -0.1) is 0 Å². The molecule has 0 aliphatic carbocycles. The van der Waals surface area contributed by atoms with Crippen molar-refractivity contribution in [3.8, 4) is 11.8 Å². The Kier molecular flexibility index (Phi) is 3.14. The number of unbranched alkanes of at least 4 members (excludes halogenated alkanes) is 1. The lowest BCUT2D eigenvalue weighted by Gasteiger charge is -2.32. The van der Waals surface area contributed by atoms with E-state index in [0.717, 1.165) is 31.4 Å². The summed E-state index contributed by atoms with van der Waals surface area (Å²) in [5.41, 5.74) is 0.871. The van der Waals surface area contributed by atoms with Gasteiger partial charge in [-0.05, 0) is 24.5 Å². The molecule has 0 aromatic heterocycles. The second kappa shape index (κ2) is 4.57. The Morgan fingerprint density at radius 2 is 2.25 bits per heavy atom. The number of hydrogen-bond acceptors (Lipinski definition) is 2. The van der Waals surface area contributed by atoms with Crippen LogP contribution in [0.25, 0.3) is 0 Å². The lowest BCUT2D eigenvalue weighted by Crippen LogP contribution is -2.33. The van der Waals surface area contributed by atoms with Crippen LogP contribution in [0.1, 0.15) is 31.7 Å². The molecule has 1 unspecified atom stereocenters. The van der Waals surface area contributed by atoms with E-state index in [1.165, 1.54) is 5.56 Å². The number of nitriles is 1. The average molecular weight is 215 g/mol. The summed E-state index contributed by atoms with van der Waals surface area (Å²) in [7, 11) is 0. The molecule has 0 fully saturated rings. The topological polar surface area (TPSA) is 33.0 Å². The van der Waals surface area contributed by atoms with Crippen molar-refractivity contribution in [1.29, 1.82) is 5.26 Å². The fourth-order valence-corrected chi connectivity index (χ4v) is 2.23. The van der Waals surface area contributed by atoms with Gasteiger partial charge in [0, 0.05) is 0 Å². The molecule has 0 saturated heterocycles. The zero-order valence-electron chi connectivity index (χ0n) is 9.70. The quantitative estimate of drug-likeness (QED) is 0.774. The molecule has 16 heavy (non-hydrogen) atoms. The summed E-state index contributed by atoms with van der Waals surface area (Å²) < 4.78 is 5.70. The van der Waals surface area contributed by atoms with Gasteiger partial charge in [-0.25, -0.2) is 0 Å². The van der Waals surface area contributed by atoms with Crippen molar-refractivity contribution in [2.45, 2.75) is 32.6 Å². The fourth-order valence-electron chi connectivity index (χ4n) is 2.23. The van der Waals surface area contributed by atoms with Crippen molar-refractivity contribution in [2.24, 2.45) is 5.41 Å². The van der Waals surface area contributed by atoms with Crippen molar-refractivity contribution < 1.29 is 4.74 Å². The van der Waals surface area contributed by atoms with Gasteiger partial charge < -0.3 is 4.74 Å². The highest BCUT2D eigenvalue weighted by molar-refractivity contribution is 5.37. The third-order valence-corrected chi connectivity index (χ3v) is 3.25. The van der Waals surface area contributed by atoms with E-state index in [-0.39, 0.29) is 5.41 Å². The monoisotopic (exact) mass is 215 g/mol. The number of hydrogen-bond donors (Lipinski definition) is 0. The second-order valence-corrected chi connectivity index (χ2v) is 4.57. The second-order valence-electron chi connectivity index (χ2n) is 4.57. The van der Waals surface area contributed by atoms with Crippen molar-refractivity contribution >= 4 is 0 Å². The van der Waals surface area contributed by atoms with Gasteiger partial charge in [-0.3, -0.25) is 0 Å². The number of fused-ring (bicyclic) bond motifs is 1. The lowest BCUT2D eigenvalue weighted by atomic mass is 9.78. The van der Waals surface area contributed by atoms with Crippen LogP contribution < -0.4 is 4.74 Å². The first kappa shape index (κ1) is 11.0. The molecule has 1 aromatic carbocycles. The normalized spacial score (nSPS) is 23.0. The summed E-state index contributed by atoms with van der Waals surface area (Å²) >= 11 is 0. The summed E-state index contributed by atoms with van der Waals surface area (Å²) in [5, 5.41) is 9.36. The number of ether oxygens (including phenoxy) is 1. The minimum Gasteiger partial charge on any atom is -0.492 e. The molecule has 0 saturated carbocycles. The molecule has 0 spiro atoms. The first-order valence-corrected chi connectivity index (χ1v) is 5.92. The van der Waals surface area contributed by atoms with E-state index in [1.807, 2.05) is 18.2 Å². The zero-order valence-corrected chi connectivity index (χ0v) is 9.70. The Hall–Kier alpha value is -1.49. The molecule has 1 heterocycles. The maximum absolute atomic E-state index is 9.36. The van der Waals surface area contributed by atoms with Crippen molar-refractivity contribution in [3.05, 3.63) is 29.8 Å². The third-order valence-electron chi connectivity index (χ3n) is 3.25. The van der Waals surface area contributed by atoms with Crippen LogP contribution in [-0.2, 0) is 6.42 Å². The molecule has 84 valence electrons. The van der Waals surface area contributed by atoms with Gasteiger partial charge in [0.05, 0.1) is 11.5 Å². The fraction of sp³-hybridized carbons (Fsp3) is 0.500. The van der Waals surface area contributed by atoms with E-state index in [2.05, 4.69) is 19.1 Å². The lowest BCUT2D eigenvalue weighted by molar-refractivity contribution is 0.158. The van der Waals surface area contributed by atoms with E-state index in [0.29, 0.717) is 6.61 Å². The van der Waals surface area contributed by atoms with E-state index >= 15 is 0 Å². The summed E-state index contributed by atoms with van der Waals surface area (Å²) in [6.07, 6.45) is 4.00. The van der Waals surface area contributed by atoms with Crippen LogP contribution in [0.4, 0.5) is 0 Å². The largest absolute Gasteiger partial charge is 0.492 e. The van der Waals surface area contributed by atoms with Crippen molar-refractivity contribution in [1.82, 2.24) is 0 Å². The molecular formula is C14H17NO. The highest BCUT2D eigenvalue weighted by Gasteiger charge is 2.35. The molecule has 0 N–H and O–H groups in total. The van der Waals surface area contributed by atoms with Crippen LogP contribution in [-0.4, -0.2) is 6.61 Å². The Morgan fingerprint density at radius 1 is 1.44 bits per heavy atom. The molecule has 1 aromatic rings. The Balaban J connectivity index is 2.19. The molecule has 1 aliphatic heterocycles. The predicted molar refractivity (Wildman–Crippen MR) is 63.2 cm³/mol. The summed E-state index contributed by atoms with van der Waals surface area (Å²) in [6.45, 7) is 2.70. The molecule has 1 atom stereocenters. The van der Waals surface area contributed by atoms with E-state index < -0.39 is 0 Å². The number of para-hydroxylation sites is 1. The van der Waals surface area contributed by atoms with E-state index in [4.69, 9.17) is 4.74 Å². The van der Waals surface area contributed by atoms with Gasteiger partial charge >= 0.3 is 0 Å². The minimum absolute atomic E-state index is 0.301. The minimum atomic E-state index is -0.301. The van der Waals surface area contributed by atoms with E-state index in [9.17, 15) is 5.26 Å². The van der Waals surface area contributed by atoms with Crippen LogP contribution in [0.15, 0.2) is 24.3 Å². The zero-order chi connectivity index (χ0) is 11.4. The molecule has 2 nitrogen and oxygen atoms in total. The number of nitrogens with zero attached hydrogens (tertiary/aromatic N) is 1. The van der Waals surface area contributed by atoms with Crippen molar-refractivity contribution in [3.63, 3.8) is 0 Å². The maximum Gasteiger partial charge on any atom is 0.122 e. The Bertz CT molecular complexity index is 407. The highest BCUT2D eigenvalue weighted by atomic mass is 16.5. The first-order valence-electron chi connectivity index (χ1n) is 5.92. The number of rotatable bonds is 3. The standard InChI is InChI=1S/C14H17NO/c1-2-3-8-14(10-15)9-12-6-4-5-7-13(12)16-11-14/h4-7H,2-3,8-9,11H2,1H3. The van der Waals surface area contributed by atoms with Crippen molar-refractivity contribution in [2.75, 3.05) is 6.61 Å². The van der Waals surface area contributed by atoms with Gasteiger partial charge in [-0.1, -0.05) is 38.0 Å². The average Bonchev–Trinajstić information content (AvgIpc) is 2.36. The first-order chi connectivity index (χ1) is 7.79. The molecular weight excluding hydrogens is 198 g/mol. The van der Waals surface area contributed by atoms with Crippen LogP contribution in [0.5, 0.6) is 5.75 Å². The maximum atomic E-state index is 9.36. The molecule has 0 amide bonds. The third kappa shape index (κ3) is 2.04. The summed E-state index contributed by atoms with van der Waals surface area (Å²) in [5.74, 6) is 0.949. The van der Waals surface area contributed by atoms with Gasteiger partial charge in [0.25, 0.3) is 0 Å². The van der Waals surface area contributed by atoms with Crippen LogP contribution in [0, 0.1) is 16.7 Å². The molecule has 0 radical (unpaired) electrons. The summed E-state index contributed by atoms with van der Waals surface area (Å²) in [6, 6.07) is 10.5. The number of benzene rings is 1. The Labute approximate surface area is 96.9 Å². The smallest absolute Gasteiger partial charge is 0.122 e. The predicted octanol–water partition coefficient (Wildman–Crippen LogP) is 3.32. The highest BCUT2D eigenvalue weighted by Crippen LogP contribution is 2.37. The van der Waals surface area contributed by atoms with Crippen LogP contribution in [0.2, 0.25) is 0 Å². The van der Waals surface area contributed by atoms with Gasteiger partial charge in [0.15, 0.2) is 0 Å². The molecule has 2 rings (SSSR count). The molecule has 0 bridgehead atoms. The SMILES string of the molecule is CCCCC1(C#N)COc2ccccc2C1. The molecule has 1 aliphatic rings. The Morgan fingerprint density at radius 3 is 3.00 bits per heavy atom. The van der Waals surface area contributed by atoms with Crippen LogP contribution in [0.3, 0.4) is 0 Å². The van der Waals surface area contributed by atoms with Gasteiger partial charge in [-0.2, -0.15) is 5.26 Å². The molecule has 2 heteroatoms. The van der Waals surface area contributed by atoms with E-state index in [1.54, 1.807) is 0 Å².